The van der Waals surface area contributed by atoms with Gasteiger partial charge in [-0.3, -0.25) is 10.1 Å². The van der Waals surface area contributed by atoms with Gasteiger partial charge in [0.05, 0.1) is 5.71 Å². The molecule has 0 saturated heterocycles. The van der Waals surface area contributed by atoms with E-state index in [0.29, 0.717) is 18.5 Å². The van der Waals surface area contributed by atoms with Crippen molar-refractivity contribution in [2.45, 2.75) is 25.9 Å². The molecule has 0 aliphatic carbocycles. The standard InChI is InChI=1S/C19H19N3O3/c1-13(14-5-3-2-4-6-14)25-19(24)20-16-9-7-15(8-10-16)17-11-12-18(23)22-21-17/h2-10,13H,11-12H2,1H3,(H,20,24)(H,22,23). The summed E-state index contributed by atoms with van der Waals surface area (Å²) >= 11 is 0. The fourth-order valence-corrected chi connectivity index (χ4v) is 2.53. The maximum absolute atomic E-state index is 12.0. The molecular formula is C19H19N3O3. The van der Waals surface area contributed by atoms with E-state index in [1.54, 1.807) is 12.1 Å². The Bertz CT molecular complexity index is 785. The number of carbonyl (C=O) groups excluding carboxylic acids is 2. The van der Waals surface area contributed by atoms with Gasteiger partial charge in [-0.05, 0) is 30.2 Å². The minimum Gasteiger partial charge on any atom is -0.441 e. The van der Waals surface area contributed by atoms with Crippen LogP contribution >= 0.6 is 0 Å². The molecule has 25 heavy (non-hydrogen) atoms. The number of nitrogens with one attached hydrogen (secondary N) is 2. The molecule has 0 bridgehead atoms. The van der Waals surface area contributed by atoms with Crippen molar-refractivity contribution in [2.75, 3.05) is 5.32 Å². The number of ether oxygens (including phenoxy) is 1. The van der Waals surface area contributed by atoms with Crippen molar-refractivity contribution < 1.29 is 14.3 Å². The molecule has 1 atom stereocenters. The Morgan fingerprint density at radius 2 is 1.84 bits per heavy atom. The quantitative estimate of drug-likeness (QED) is 0.894. The van der Waals surface area contributed by atoms with Crippen molar-refractivity contribution in [2.24, 2.45) is 5.10 Å². The molecule has 6 nitrogen and oxygen atoms in total. The first-order valence-corrected chi connectivity index (χ1v) is 8.10. The summed E-state index contributed by atoms with van der Waals surface area (Å²) in [5, 5.41) is 6.76. The molecule has 0 fully saturated rings. The van der Waals surface area contributed by atoms with Crippen molar-refractivity contribution in [3.05, 3.63) is 65.7 Å². The maximum Gasteiger partial charge on any atom is 0.412 e. The summed E-state index contributed by atoms with van der Waals surface area (Å²) in [5.74, 6) is -0.0719. The minimum absolute atomic E-state index is 0.0719. The topological polar surface area (TPSA) is 79.8 Å². The number of hydrazone groups is 1. The summed E-state index contributed by atoms with van der Waals surface area (Å²) in [6.07, 6.45) is 0.199. The highest BCUT2D eigenvalue weighted by molar-refractivity contribution is 6.04. The van der Waals surface area contributed by atoms with Gasteiger partial charge in [-0.2, -0.15) is 5.10 Å². The number of hydrogen-bond acceptors (Lipinski definition) is 4. The van der Waals surface area contributed by atoms with Gasteiger partial charge >= 0.3 is 6.09 Å². The lowest BCUT2D eigenvalue weighted by atomic mass is 10.0. The number of nitrogens with zero attached hydrogens (tertiary/aromatic N) is 1. The average molecular weight is 337 g/mol. The number of anilines is 1. The average Bonchev–Trinajstić information content (AvgIpc) is 2.64. The second-order valence-corrected chi connectivity index (χ2v) is 5.75. The first kappa shape index (κ1) is 16.7. The lowest BCUT2D eigenvalue weighted by Gasteiger charge is -2.15. The summed E-state index contributed by atoms with van der Waals surface area (Å²) in [6, 6.07) is 16.8. The van der Waals surface area contributed by atoms with E-state index < -0.39 is 6.09 Å². The molecule has 3 rings (SSSR count). The molecule has 2 N–H and O–H groups in total. The van der Waals surface area contributed by atoms with E-state index >= 15 is 0 Å². The third-order valence-electron chi connectivity index (χ3n) is 3.92. The van der Waals surface area contributed by atoms with Crippen LogP contribution < -0.4 is 10.7 Å². The smallest absolute Gasteiger partial charge is 0.412 e. The van der Waals surface area contributed by atoms with E-state index in [1.165, 1.54) is 0 Å². The summed E-state index contributed by atoms with van der Waals surface area (Å²) in [5.41, 5.74) is 5.78. The third-order valence-corrected chi connectivity index (χ3v) is 3.92. The minimum atomic E-state index is -0.508. The summed E-state index contributed by atoms with van der Waals surface area (Å²) < 4.78 is 5.38. The highest BCUT2D eigenvalue weighted by atomic mass is 16.6. The van der Waals surface area contributed by atoms with Gasteiger partial charge in [0.2, 0.25) is 5.91 Å². The molecule has 0 aromatic heterocycles. The van der Waals surface area contributed by atoms with Crippen molar-refractivity contribution >= 4 is 23.4 Å². The van der Waals surface area contributed by atoms with E-state index in [1.807, 2.05) is 49.4 Å². The van der Waals surface area contributed by atoms with Gasteiger partial charge in [0.25, 0.3) is 0 Å². The molecule has 2 amide bonds. The van der Waals surface area contributed by atoms with Crippen LogP contribution in [0.4, 0.5) is 10.5 Å². The molecule has 2 aromatic carbocycles. The molecule has 1 aliphatic rings. The highest BCUT2D eigenvalue weighted by Crippen LogP contribution is 2.18. The van der Waals surface area contributed by atoms with Gasteiger partial charge in [0, 0.05) is 18.5 Å². The van der Waals surface area contributed by atoms with Gasteiger partial charge in [-0.25, -0.2) is 10.2 Å². The Labute approximate surface area is 145 Å². The fraction of sp³-hybridized carbons (Fsp3) is 0.211. The van der Waals surface area contributed by atoms with Crippen molar-refractivity contribution in [3.8, 4) is 0 Å². The predicted octanol–water partition coefficient (Wildman–Crippen LogP) is 3.61. The Kier molecular flexibility index (Phi) is 5.09. The lowest BCUT2D eigenvalue weighted by molar-refractivity contribution is -0.121. The normalized spacial score (nSPS) is 14.9. The molecule has 0 radical (unpaired) electrons. The van der Waals surface area contributed by atoms with Gasteiger partial charge in [-0.15, -0.1) is 0 Å². The molecule has 0 spiro atoms. The van der Waals surface area contributed by atoms with Crippen LogP contribution in [-0.2, 0) is 9.53 Å². The Balaban J connectivity index is 1.58. The molecule has 1 aliphatic heterocycles. The first-order chi connectivity index (χ1) is 12.1. The van der Waals surface area contributed by atoms with Crippen LogP contribution in [0.1, 0.15) is 37.0 Å². The maximum atomic E-state index is 12.0. The zero-order chi connectivity index (χ0) is 17.6. The van der Waals surface area contributed by atoms with Crippen LogP contribution in [0, 0.1) is 0 Å². The van der Waals surface area contributed by atoms with Crippen molar-refractivity contribution in [1.82, 2.24) is 5.43 Å². The van der Waals surface area contributed by atoms with Crippen LogP contribution in [0.5, 0.6) is 0 Å². The van der Waals surface area contributed by atoms with Crippen molar-refractivity contribution in [3.63, 3.8) is 0 Å². The van der Waals surface area contributed by atoms with Crippen LogP contribution in [-0.4, -0.2) is 17.7 Å². The first-order valence-electron chi connectivity index (χ1n) is 8.10. The van der Waals surface area contributed by atoms with Gasteiger partial charge < -0.3 is 4.74 Å². The van der Waals surface area contributed by atoms with Gasteiger partial charge in [-0.1, -0.05) is 42.5 Å². The molecule has 1 heterocycles. The second-order valence-electron chi connectivity index (χ2n) is 5.75. The number of benzene rings is 2. The number of carbonyl (C=O) groups is 2. The van der Waals surface area contributed by atoms with Crippen LogP contribution in [0.3, 0.4) is 0 Å². The van der Waals surface area contributed by atoms with Crippen LogP contribution in [0.25, 0.3) is 0 Å². The third kappa shape index (κ3) is 4.44. The van der Waals surface area contributed by atoms with E-state index in [9.17, 15) is 9.59 Å². The summed E-state index contributed by atoms with van der Waals surface area (Å²) in [7, 11) is 0. The molecule has 6 heteroatoms. The van der Waals surface area contributed by atoms with Gasteiger partial charge in [0.1, 0.15) is 6.10 Å². The second kappa shape index (κ2) is 7.61. The Morgan fingerprint density at radius 1 is 1.12 bits per heavy atom. The molecule has 2 aromatic rings. The Hall–Kier alpha value is -3.15. The van der Waals surface area contributed by atoms with Crippen LogP contribution in [0.15, 0.2) is 59.7 Å². The Morgan fingerprint density at radius 3 is 2.48 bits per heavy atom. The van der Waals surface area contributed by atoms with Crippen LogP contribution in [0.2, 0.25) is 0 Å². The number of amides is 2. The van der Waals surface area contributed by atoms with E-state index in [0.717, 1.165) is 16.8 Å². The summed E-state index contributed by atoms with van der Waals surface area (Å²) in [4.78, 5) is 23.1. The number of hydrogen-bond donors (Lipinski definition) is 2. The fourth-order valence-electron chi connectivity index (χ4n) is 2.53. The lowest BCUT2D eigenvalue weighted by Crippen LogP contribution is -2.25. The van der Waals surface area contributed by atoms with E-state index in [2.05, 4.69) is 15.8 Å². The largest absolute Gasteiger partial charge is 0.441 e. The molecule has 1 unspecified atom stereocenters. The SMILES string of the molecule is CC(OC(=O)Nc1ccc(C2=NNC(=O)CC2)cc1)c1ccccc1. The van der Waals surface area contributed by atoms with Crippen molar-refractivity contribution in [1.29, 1.82) is 0 Å². The zero-order valence-corrected chi connectivity index (χ0v) is 13.9. The molecule has 0 saturated carbocycles. The van der Waals surface area contributed by atoms with E-state index in [-0.39, 0.29) is 12.0 Å². The molecule has 128 valence electrons. The zero-order valence-electron chi connectivity index (χ0n) is 13.9. The van der Waals surface area contributed by atoms with Gasteiger partial charge in [0.15, 0.2) is 0 Å². The monoisotopic (exact) mass is 337 g/mol. The highest BCUT2D eigenvalue weighted by Gasteiger charge is 2.14. The predicted molar refractivity (Wildman–Crippen MR) is 95.3 cm³/mol. The summed E-state index contributed by atoms with van der Waals surface area (Å²) in [6.45, 7) is 1.83. The van der Waals surface area contributed by atoms with E-state index in [4.69, 9.17) is 4.74 Å². The molecular weight excluding hydrogens is 318 g/mol. The number of rotatable bonds is 4.